The SMILES string of the molecule is COc1ncccc1C(=O)N1CCC2(CCCCc3ccccc3OC[C@H](CC(C)C)NC2=O)CC1. The van der Waals surface area contributed by atoms with Gasteiger partial charge in [0.1, 0.15) is 17.9 Å². The molecule has 7 heteroatoms. The molecule has 194 valence electrons. The van der Waals surface area contributed by atoms with Crippen molar-refractivity contribution in [3.8, 4) is 11.6 Å². The fraction of sp³-hybridized carbons (Fsp3) is 0.552. The zero-order chi connectivity index (χ0) is 25.5. The van der Waals surface area contributed by atoms with Crippen LogP contribution in [0.1, 0.15) is 68.3 Å². The zero-order valence-electron chi connectivity index (χ0n) is 21.8. The van der Waals surface area contributed by atoms with Crippen molar-refractivity contribution >= 4 is 11.8 Å². The van der Waals surface area contributed by atoms with Crippen molar-refractivity contribution in [1.82, 2.24) is 15.2 Å². The fourth-order valence-electron chi connectivity index (χ4n) is 5.51. The number of rotatable bonds is 4. The molecule has 0 radical (unpaired) electrons. The number of aryl methyl sites for hydroxylation is 1. The molecule has 1 fully saturated rings. The Labute approximate surface area is 214 Å². The number of amides is 2. The molecule has 2 amide bonds. The van der Waals surface area contributed by atoms with Crippen LogP contribution in [-0.4, -0.2) is 54.5 Å². The monoisotopic (exact) mass is 493 g/mol. The van der Waals surface area contributed by atoms with Crippen LogP contribution in [0.4, 0.5) is 0 Å². The maximum Gasteiger partial charge on any atom is 0.259 e. The molecule has 3 heterocycles. The van der Waals surface area contributed by atoms with Gasteiger partial charge in [-0.3, -0.25) is 9.59 Å². The number of carbonyl (C=O) groups is 2. The Morgan fingerprint density at radius 1 is 1.17 bits per heavy atom. The number of hydrogen-bond donors (Lipinski definition) is 1. The third kappa shape index (κ3) is 6.00. The molecule has 2 aliphatic rings. The first-order valence-electron chi connectivity index (χ1n) is 13.2. The number of likely N-dealkylation sites (tertiary alicyclic amines) is 1. The van der Waals surface area contributed by atoms with E-state index >= 15 is 0 Å². The predicted molar refractivity (Wildman–Crippen MR) is 139 cm³/mol. The first-order chi connectivity index (χ1) is 17.4. The molecule has 0 unspecified atom stereocenters. The van der Waals surface area contributed by atoms with E-state index in [1.165, 1.54) is 12.7 Å². The molecule has 1 N–H and O–H groups in total. The molecule has 1 saturated heterocycles. The molecule has 0 bridgehead atoms. The van der Waals surface area contributed by atoms with E-state index in [0.29, 0.717) is 49.9 Å². The summed E-state index contributed by atoms with van der Waals surface area (Å²) in [7, 11) is 1.52. The Kier molecular flexibility index (Phi) is 8.49. The second-order valence-corrected chi connectivity index (χ2v) is 10.6. The number of benzene rings is 1. The molecule has 36 heavy (non-hydrogen) atoms. The van der Waals surface area contributed by atoms with E-state index in [1.807, 2.05) is 17.0 Å². The van der Waals surface area contributed by atoms with Crippen molar-refractivity contribution in [2.24, 2.45) is 11.3 Å². The van der Waals surface area contributed by atoms with Gasteiger partial charge in [-0.2, -0.15) is 0 Å². The minimum Gasteiger partial charge on any atom is -0.491 e. The standard InChI is InChI=1S/C29H39N3O4/c1-21(2)19-23-20-36-25-12-5-4-9-22(25)10-6-7-13-29(28(34)31-23)14-17-32(18-15-29)27(33)24-11-8-16-30-26(24)35-3/h4-5,8-9,11-12,16,21,23H,6-7,10,13-15,17-20H2,1-3H3,(H,31,34)/t23-/m0/s1. The van der Waals surface area contributed by atoms with Crippen molar-refractivity contribution < 1.29 is 19.1 Å². The van der Waals surface area contributed by atoms with Crippen LogP contribution < -0.4 is 14.8 Å². The van der Waals surface area contributed by atoms with Crippen LogP contribution in [0.25, 0.3) is 0 Å². The van der Waals surface area contributed by atoms with Crippen molar-refractivity contribution in [1.29, 1.82) is 0 Å². The van der Waals surface area contributed by atoms with Gasteiger partial charge in [-0.1, -0.05) is 38.5 Å². The summed E-state index contributed by atoms with van der Waals surface area (Å²) in [4.78, 5) is 33.0. The molecular formula is C29H39N3O4. The minimum atomic E-state index is -0.469. The number of nitrogens with one attached hydrogen (secondary N) is 1. The van der Waals surface area contributed by atoms with Crippen molar-refractivity contribution in [2.75, 3.05) is 26.8 Å². The van der Waals surface area contributed by atoms with Crippen LogP contribution in [0, 0.1) is 11.3 Å². The van der Waals surface area contributed by atoms with Crippen LogP contribution in [-0.2, 0) is 11.2 Å². The van der Waals surface area contributed by atoms with E-state index in [4.69, 9.17) is 9.47 Å². The largest absolute Gasteiger partial charge is 0.491 e. The molecule has 4 rings (SSSR count). The molecule has 1 aromatic heterocycles. The second kappa shape index (κ2) is 11.8. The lowest BCUT2D eigenvalue weighted by molar-refractivity contribution is -0.135. The van der Waals surface area contributed by atoms with Gasteiger partial charge < -0.3 is 19.7 Å². The topological polar surface area (TPSA) is 80.8 Å². The number of methoxy groups -OCH3 is 1. The highest BCUT2D eigenvalue weighted by atomic mass is 16.5. The average molecular weight is 494 g/mol. The van der Waals surface area contributed by atoms with E-state index in [9.17, 15) is 9.59 Å². The molecule has 2 aliphatic heterocycles. The van der Waals surface area contributed by atoms with Gasteiger partial charge in [-0.05, 0) is 68.2 Å². The van der Waals surface area contributed by atoms with Crippen LogP contribution in [0.5, 0.6) is 11.6 Å². The lowest BCUT2D eigenvalue weighted by Crippen LogP contribution is -2.53. The number of carbonyl (C=O) groups excluding carboxylic acids is 2. The molecule has 0 saturated carbocycles. The zero-order valence-corrected chi connectivity index (χ0v) is 21.8. The number of aromatic nitrogens is 1. The maximum absolute atomic E-state index is 13.8. The van der Waals surface area contributed by atoms with Gasteiger partial charge in [0.25, 0.3) is 5.91 Å². The lowest BCUT2D eigenvalue weighted by atomic mass is 9.73. The van der Waals surface area contributed by atoms with E-state index in [0.717, 1.165) is 37.9 Å². The van der Waals surface area contributed by atoms with Crippen molar-refractivity contribution in [3.63, 3.8) is 0 Å². The molecule has 1 spiro atoms. The highest BCUT2D eigenvalue weighted by molar-refractivity contribution is 5.96. The number of pyridine rings is 1. The smallest absolute Gasteiger partial charge is 0.259 e. The van der Waals surface area contributed by atoms with Gasteiger partial charge in [-0.25, -0.2) is 4.98 Å². The quantitative estimate of drug-likeness (QED) is 0.671. The highest BCUT2D eigenvalue weighted by Crippen LogP contribution is 2.38. The summed E-state index contributed by atoms with van der Waals surface area (Å²) in [6.45, 7) is 5.88. The van der Waals surface area contributed by atoms with Gasteiger partial charge in [-0.15, -0.1) is 0 Å². The van der Waals surface area contributed by atoms with Crippen LogP contribution in [0.15, 0.2) is 42.6 Å². The Morgan fingerprint density at radius 3 is 2.69 bits per heavy atom. The number of para-hydroxylation sites is 1. The minimum absolute atomic E-state index is 0.0545. The highest BCUT2D eigenvalue weighted by Gasteiger charge is 2.43. The number of ether oxygens (including phenoxy) is 2. The lowest BCUT2D eigenvalue weighted by Gasteiger charge is -2.42. The first kappa shape index (κ1) is 26.0. The van der Waals surface area contributed by atoms with E-state index < -0.39 is 5.41 Å². The molecule has 0 aliphatic carbocycles. The summed E-state index contributed by atoms with van der Waals surface area (Å²) >= 11 is 0. The first-order valence-corrected chi connectivity index (χ1v) is 13.2. The maximum atomic E-state index is 13.8. The third-order valence-electron chi connectivity index (χ3n) is 7.54. The van der Waals surface area contributed by atoms with Crippen LogP contribution >= 0.6 is 0 Å². The van der Waals surface area contributed by atoms with E-state index in [1.54, 1.807) is 18.3 Å². The summed E-state index contributed by atoms with van der Waals surface area (Å²) < 4.78 is 11.5. The molecule has 1 aromatic carbocycles. The number of piperidine rings is 1. The normalized spacial score (nSPS) is 20.5. The van der Waals surface area contributed by atoms with Crippen molar-refractivity contribution in [3.05, 3.63) is 53.7 Å². The third-order valence-corrected chi connectivity index (χ3v) is 7.54. The molecule has 7 nitrogen and oxygen atoms in total. The Bertz CT molecular complexity index is 1050. The van der Waals surface area contributed by atoms with Crippen LogP contribution in [0.2, 0.25) is 0 Å². The van der Waals surface area contributed by atoms with E-state index in [2.05, 4.69) is 36.3 Å². The van der Waals surface area contributed by atoms with Gasteiger partial charge in [0.2, 0.25) is 11.8 Å². The summed E-state index contributed by atoms with van der Waals surface area (Å²) in [5, 5.41) is 3.35. The van der Waals surface area contributed by atoms with Crippen LogP contribution in [0.3, 0.4) is 0 Å². The van der Waals surface area contributed by atoms with E-state index in [-0.39, 0.29) is 17.9 Å². The Morgan fingerprint density at radius 2 is 1.94 bits per heavy atom. The molecule has 2 aromatic rings. The Balaban J connectivity index is 1.50. The fourth-order valence-corrected chi connectivity index (χ4v) is 5.51. The summed E-state index contributed by atoms with van der Waals surface area (Å²) in [6, 6.07) is 11.7. The second-order valence-electron chi connectivity index (χ2n) is 10.6. The number of nitrogens with zero attached hydrogens (tertiary/aromatic N) is 2. The molecular weight excluding hydrogens is 454 g/mol. The van der Waals surface area contributed by atoms with Gasteiger partial charge in [0, 0.05) is 19.3 Å². The summed E-state index contributed by atoms with van der Waals surface area (Å²) in [5.74, 6) is 1.71. The van der Waals surface area contributed by atoms with Gasteiger partial charge in [0.15, 0.2) is 0 Å². The summed E-state index contributed by atoms with van der Waals surface area (Å²) in [6.07, 6.45) is 7.50. The predicted octanol–water partition coefficient (Wildman–Crippen LogP) is 4.65. The average Bonchev–Trinajstić information content (AvgIpc) is 2.89. The van der Waals surface area contributed by atoms with Gasteiger partial charge >= 0.3 is 0 Å². The summed E-state index contributed by atoms with van der Waals surface area (Å²) in [5.41, 5.74) is 1.23. The molecule has 1 atom stereocenters. The number of hydrogen-bond acceptors (Lipinski definition) is 5. The van der Waals surface area contributed by atoms with Gasteiger partial charge in [0.05, 0.1) is 18.6 Å². The Hall–Kier alpha value is -3.09. The number of fused-ring (bicyclic) bond motifs is 1. The van der Waals surface area contributed by atoms with Crippen molar-refractivity contribution in [2.45, 2.75) is 64.8 Å².